The van der Waals surface area contributed by atoms with E-state index < -0.39 is 6.17 Å². The van der Waals surface area contributed by atoms with Crippen molar-refractivity contribution in [1.29, 1.82) is 0 Å². The third kappa shape index (κ3) is 2.99. The average molecular weight is 373 g/mol. The van der Waals surface area contributed by atoms with Gasteiger partial charge in [0.2, 0.25) is 5.13 Å². The predicted molar refractivity (Wildman–Crippen MR) is 102 cm³/mol. The Kier molecular flexibility index (Phi) is 4.24. The van der Waals surface area contributed by atoms with Crippen molar-refractivity contribution in [2.24, 2.45) is 4.99 Å². The second kappa shape index (κ2) is 6.44. The Balaban J connectivity index is 1.67. The fourth-order valence-electron chi connectivity index (χ4n) is 3.30. The summed E-state index contributed by atoms with van der Waals surface area (Å²) in [6, 6.07) is 3.71. The van der Waals surface area contributed by atoms with Crippen LogP contribution in [0.1, 0.15) is 18.1 Å². The maximum atomic E-state index is 14.1. The molecule has 1 N–H and O–H groups in total. The summed E-state index contributed by atoms with van der Waals surface area (Å²) in [5.74, 6) is 0.184. The second-order valence-corrected chi connectivity index (χ2v) is 7.62. The van der Waals surface area contributed by atoms with Gasteiger partial charge in [0.1, 0.15) is 11.4 Å². The summed E-state index contributed by atoms with van der Waals surface area (Å²) < 4.78 is 16.5. The number of alkyl halides is 1. The molecule has 0 unspecified atom stereocenters. The van der Waals surface area contributed by atoms with Crippen LogP contribution in [0, 0.1) is 13.8 Å². The molecule has 6 nitrogen and oxygen atoms in total. The number of phenolic OH excluding ortho intramolecular Hbond substituents is 1. The maximum absolute atomic E-state index is 14.1. The van der Waals surface area contributed by atoms with Gasteiger partial charge in [-0.3, -0.25) is 4.90 Å². The highest BCUT2D eigenvalue weighted by Gasteiger charge is 2.28. The van der Waals surface area contributed by atoms with E-state index in [-0.39, 0.29) is 5.75 Å². The standard InChI is InChI=1S/C18H20FN5OS/c1-4-23-7-12(19)13(8-23)20-18-21-17-15(26-18)9-24(22-17)16-11(3)5-10(2)6-14(16)25/h5-6,9,12,25H,4,7-8H2,1-3H3/b20-13-/t12-/m0/s1. The first-order valence-corrected chi connectivity index (χ1v) is 9.37. The molecule has 2 aromatic heterocycles. The van der Waals surface area contributed by atoms with E-state index in [4.69, 9.17) is 0 Å². The lowest BCUT2D eigenvalue weighted by molar-refractivity contribution is 0.304. The molecule has 0 spiro atoms. The number of hydrogen-bond donors (Lipinski definition) is 1. The molecule has 0 bridgehead atoms. The van der Waals surface area contributed by atoms with Crippen molar-refractivity contribution >= 4 is 32.5 Å². The van der Waals surface area contributed by atoms with E-state index in [9.17, 15) is 9.50 Å². The Morgan fingerprint density at radius 2 is 2.19 bits per heavy atom. The monoisotopic (exact) mass is 373 g/mol. The number of nitrogens with zero attached hydrogens (tertiary/aromatic N) is 5. The number of aryl methyl sites for hydroxylation is 2. The summed E-state index contributed by atoms with van der Waals surface area (Å²) in [4.78, 5) is 10.8. The van der Waals surface area contributed by atoms with Crippen LogP contribution in [0.25, 0.3) is 16.0 Å². The van der Waals surface area contributed by atoms with E-state index in [1.165, 1.54) is 11.3 Å². The van der Waals surface area contributed by atoms with Crippen LogP contribution in [-0.4, -0.2) is 56.3 Å². The Labute approximate surface area is 154 Å². The van der Waals surface area contributed by atoms with Gasteiger partial charge in [0.15, 0.2) is 11.8 Å². The number of aromatic nitrogens is 3. The minimum atomic E-state index is -1.03. The quantitative estimate of drug-likeness (QED) is 0.762. The smallest absolute Gasteiger partial charge is 0.211 e. The lowest BCUT2D eigenvalue weighted by Gasteiger charge is -2.09. The number of fused-ring (bicyclic) bond motifs is 1. The fraction of sp³-hybridized carbons (Fsp3) is 0.389. The van der Waals surface area contributed by atoms with E-state index in [0.717, 1.165) is 22.4 Å². The zero-order valence-corrected chi connectivity index (χ0v) is 15.7. The number of hydrogen-bond acceptors (Lipinski definition) is 6. The average Bonchev–Trinajstić information content (AvgIpc) is 3.20. The predicted octanol–water partition coefficient (Wildman–Crippen LogP) is 3.55. The fourth-order valence-corrected chi connectivity index (χ4v) is 4.12. The molecular weight excluding hydrogens is 353 g/mol. The SMILES string of the molecule is CCN1C/C(=N/c2nc3nn(-c4c(C)cc(C)cc4O)cc3s2)[C@@H](F)C1. The number of aliphatic imine (C=N–C) groups is 1. The largest absolute Gasteiger partial charge is 0.506 e. The number of likely N-dealkylation sites (tertiary alicyclic amines) is 1. The van der Waals surface area contributed by atoms with Crippen LogP contribution in [0.4, 0.5) is 9.52 Å². The van der Waals surface area contributed by atoms with Crippen molar-refractivity contribution < 1.29 is 9.50 Å². The van der Waals surface area contributed by atoms with Gasteiger partial charge in [-0.25, -0.2) is 14.1 Å². The number of phenols is 1. The summed E-state index contributed by atoms with van der Waals surface area (Å²) in [5, 5.41) is 15.2. The van der Waals surface area contributed by atoms with Crippen molar-refractivity contribution in [3.8, 4) is 11.4 Å². The first-order chi connectivity index (χ1) is 12.4. The molecule has 8 heteroatoms. The highest BCUT2D eigenvalue weighted by atomic mass is 32.1. The Morgan fingerprint density at radius 1 is 1.38 bits per heavy atom. The van der Waals surface area contributed by atoms with Crippen molar-refractivity contribution in [3.63, 3.8) is 0 Å². The molecule has 1 fully saturated rings. The highest BCUT2D eigenvalue weighted by molar-refractivity contribution is 7.21. The van der Waals surface area contributed by atoms with Gasteiger partial charge in [-0.15, -0.1) is 5.10 Å². The molecule has 1 aliphatic rings. The number of rotatable bonds is 3. The first kappa shape index (κ1) is 17.1. The summed E-state index contributed by atoms with van der Waals surface area (Å²) in [5.41, 5.74) is 3.65. The van der Waals surface area contributed by atoms with Crippen molar-refractivity contribution in [2.75, 3.05) is 19.6 Å². The number of thiazole rings is 1. The molecule has 0 saturated carbocycles. The molecule has 0 radical (unpaired) electrons. The highest BCUT2D eigenvalue weighted by Crippen LogP contribution is 2.32. The summed E-state index contributed by atoms with van der Waals surface area (Å²) in [7, 11) is 0. The Bertz CT molecular complexity index is 954. The second-order valence-electron chi connectivity index (χ2n) is 6.61. The minimum Gasteiger partial charge on any atom is -0.506 e. The van der Waals surface area contributed by atoms with Crippen molar-refractivity contribution in [1.82, 2.24) is 19.7 Å². The Hall–Kier alpha value is -2.32. The number of benzene rings is 1. The van der Waals surface area contributed by atoms with Gasteiger partial charge in [0.05, 0.1) is 16.6 Å². The van der Waals surface area contributed by atoms with Gasteiger partial charge in [0, 0.05) is 13.1 Å². The number of halogens is 1. The third-order valence-corrected chi connectivity index (χ3v) is 5.44. The van der Waals surface area contributed by atoms with E-state index >= 15 is 0 Å². The number of aromatic hydroxyl groups is 1. The van der Waals surface area contributed by atoms with Crippen LogP contribution in [0.15, 0.2) is 23.3 Å². The lowest BCUT2D eigenvalue weighted by Crippen LogP contribution is -2.20. The van der Waals surface area contributed by atoms with Gasteiger partial charge >= 0.3 is 0 Å². The van der Waals surface area contributed by atoms with E-state index in [2.05, 4.69) is 15.1 Å². The molecule has 0 amide bonds. The van der Waals surface area contributed by atoms with Gasteiger partial charge < -0.3 is 5.11 Å². The summed E-state index contributed by atoms with van der Waals surface area (Å²) in [6.07, 6.45) is 0.798. The normalized spacial score (nSPS) is 19.8. The maximum Gasteiger partial charge on any atom is 0.211 e. The lowest BCUT2D eigenvalue weighted by atomic mass is 10.1. The van der Waals surface area contributed by atoms with Crippen LogP contribution in [-0.2, 0) is 0 Å². The van der Waals surface area contributed by atoms with Gasteiger partial charge in [-0.05, 0) is 37.6 Å². The van der Waals surface area contributed by atoms with Crippen molar-refractivity contribution in [2.45, 2.75) is 26.9 Å². The van der Waals surface area contributed by atoms with Crippen LogP contribution in [0.3, 0.4) is 0 Å². The molecule has 1 aromatic carbocycles. The molecule has 26 heavy (non-hydrogen) atoms. The van der Waals surface area contributed by atoms with Crippen molar-refractivity contribution in [3.05, 3.63) is 29.5 Å². The molecular formula is C18H20FN5OS. The molecule has 1 atom stereocenters. The zero-order valence-electron chi connectivity index (χ0n) is 14.9. The first-order valence-electron chi connectivity index (χ1n) is 8.55. The summed E-state index contributed by atoms with van der Waals surface area (Å²) >= 11 is 1.38. The molecule has 4 rings (SSSR count). The topological polar surface area (TPSA) is 66.5 Å². The van der Waals surface area contributed by atoms with Gasteiger partial charge in [-0.2, -0.15) is 4.98 Å². The molecule has 1 aliphatic heterocycles. The molecule has 3 heterocycles. The molecule has 3 aromatic rings. The van der Waals surface area contributed by atoms with E-state index in [1.54, 1.807) is 10.7 Å². The molecule has 0 aliphatic carbocycles. The minimum absolute atomic E-state index is 0.184. The van der Waals surface area contributed by atoms with E-state index in [1.807, 2.05) is 37.9 Å². The van der Waals surface area contributed by atoms with Gasteiger partial charge in [0.25, 0.3) is 0 Å². The van der Waals surface area contributed by atoms with Gasteiger partial charge in [-0.1, -0.05) is 24.3 Å². The summed E-state index contributed by atoms with van der Waals surface area (Å²) in [6.45, 7) is 7.64. The third-order valence-electron chi connectivity index (χ3n) is 4.57. The van der Waals surface area contributed by atoms with Crippen LogP contribution in [0.2, 0.25) is 0 Å². The molecule has 136 valence electrons. The zero-order chi connectivity index (χ0) is 18.4. The van der Waals surface area contributed by atoms with Crippen LogP contribution < -0.4 is 0 Å². The van der Waals surface area contributed by atoms with Crippen LogP contribution >= 0.6 is 11.3 Å². The van der Waals surface area contributed by atoms with E-state index in [0.29, 0.717) is 35.3 Å². The molecule has 1 saturated heterocycles. The van der Waals surface area contributed by atoms with Crippen LogP contribution in [0.5, 0.6) is 5.75 Å². The Morgan fingerprint density at radius 3 is 2.85 bits per heavy atom.